The molecule has 2 aromatic rings. The lowest BCUT2D eigenvalue weighted by molar-refractivity contribution is 0.0701. The minimum atomic E-state index is -0.0271. The van der Waals surface area contributed by atoms with E-state index in [0.29, 0.717) is 0 Å². The Morgan fingerprint density at radius 1 is 1.26 bits per heavy atom. The van der Waals surface area contributed by atoms with Crippen LogP contribution in [0.3, 0.4) is 0 Å². The van der Waals surface area contributed by atoms with Crippen molar-refractivity contribution in [1.29, 1.82) is 0 Å². The standard InChI is InChI=1S/C15H21N3O/c1-4-18-11-13(10-17-18)14(16-2)15(19-3)12-8-6-5-7-9-12/h5-11,14-16H,4H2,1-3H3. The van der Waals surface area contributed by atoms with Gasteiger partial charge in [-0.1, -0.05) is 30.3 Å². The molecule has 19 heavy (non-hydrogen) atoms. The van der Waals surface area contributed by atoms with Crippen LogP contribution in [0.4, 0.5) is 0 Å². The van der Waals surface area contributed by atoms with Gasteiger partial charge < -0.3 is 10.1 Å². The molecule has 1 heterocycles. The van der Waals surface area contributed by atoms with Crippen LogP contribution in [0, 0.1) is 0 Å². The molecule has 2 rings (SSSR count). The Labute approximate surface area is 114 Å². The second kappa shape index (κ2) is 6.50. The van der Waals surface area contributed by atoms with Crippen molar-refractivity contribution < 1.29 is 4.74 Å². The van der Waals surface area contributed by atoms with Crippen molar-refractivity contribution >= 4 is 0 Å². The summed E-state index contributed by atoms with van der Waals surface area (Å²) in [7, 11) is 3.69. The van der Waals surface area contributed by atoms with Gasteiger partial charge in [0, 0.05) is 25.4 Å². The lowest BCUT2D eigenvalue weighted by Crippen LogP contribution is -2.24. The summed E-state index contributed by atoms with van der Waals surface area (Å²) in [5.41, 5.74) is 2.30. The van der Waals surface area contributed by atoms with Gasteiger partial charge in [-0.2, -0.15) is 5.10 Å². The highest BCUT2D eigenvalue weighted by Gasteiger charge is 2.24. The summed E-state index contributed by atoms with van der Waals surface area (Å²) in [4.78, 5) is 0. The van der Waals surface area contributed by atoms with Crippen LogP contribution in [0.1, 0.15) is 30.2 Å². The van der Waals surface area contributed by atoms with Gasteiger partial charge in [-0.15, -0.1) is 0 Å². The quantitative estimate of drug-likeness (QED) is 0.866. The predicted molar refractivity (Wildman–Crippen MR) is 75.9 cm³/mol. The number of likely N-dealkylation sites (N-methyl/N-ethyl adjacent to an activating group) is 1. The van der Waals surface area contributed by atoms with Gasteiger partial charge in [0.05, 0.1) is 12.2 Å². The first-order valence-electron chi connectivity index (χ1n) is 6.57. The maximum Gasteiger partial charge on any atom is 0.102 e. The molecular weight excluding hydrogens is 238 g/mol. The second-order valence-corrected chi connectivity index (χ2v) is 4.46. The monoisotopic (exact) mass is 259 g/mol. The number of nitrogens with one attached hydrogen (secondary N) is 1. The topological polar surface area (TPSA) is 39.1 Å². The molecule has 0 saturated heterocycles. The van der Waals surface area contributed by atoms with Crippen LogP contribution in [0.5, 0.6) is 0 Å². The summed E-state index contributed by atoms with van der Waals surface area (Å²) in [5, 5.41) is 7.66. The summed E-state index contributed by atoms with van der Waals surface area (Å²) < 4.78 is 7.62. The van der Waals surface area contributed by atoms with Crippen molar-refractivity contribution in [2.24, 2.45) is 0 Å². The third-order valence-electron chi connectivity index (χ3n) is 3.33. The summed E-state index contributed by atoms with van der Waals surface area (Å²) in [5.74, 6) is 0. The molecule has 0 aliphatic carbocycles. The molecule has 2 unspecified atom stereocenters. The number of aryl methyl sites for hydroxylation is 1. The average molecular weight is 259 g/mol. The van der Waals surface area contributed by atoms with Crippen LogP contribution in [0.15, 0.2) is 42.7 Å². The van der Waals surface area contributed by atoms with Crippen LogP contribution >= 0.6 is 0 Å². The molecule has 4 nitrogen and oxygen atoms in total. The van der Waals surface area contributed by atoms with E-state index in [4.69, 9.17) is 4.74 Å². The Balaban J connectivity index is 2.28. The van der Waals surface area contributed by atoms with Gasteiger partial charge in [0.1, 0.15) is 6.10 Å². The smallest absolute Gasteiger partial charge is 0.102 e. The van der Waals surface area contributed by atoms with Crippen LogP contribution < -0.4 is 5.32 Å². The minimum absolute atomic E-state index is 0.0271. The Morgan fingerprint density at radius 2 is 2.00 bits per heavy atom. The molecule has 0 bridgehead atoms. The number of hydrogen-bond acceptors (Lipinski definition) is 3. The fraction of sp³-hybridized carbons (Fsp3) is 0.400. The molecule has 2 atom stereocenters. The fourth-order valence-electron chi connectivity index (χ4n) is 2.31. The second-order valence-electron chi connectivity index (χ2n) is 4.46. The highest BCUT2D eigenvalue weighted by Crippen LogP contribution is 2.30. The molecule has 0 spiro atoms. The zero-order chi connectivity index (χ0) is 13.7. The number of methoxy groups -OCH3 is 1. The molecule has 0 radical (unpaired) electrons. The van der Waals surface area contributed by atoms with Crippen molar-refractivity contribution in [1.82, 2.24) is 15.1 Å². The van der Waals surface area contributed by atoms with E-state index in [1.54, 1.807) is 7.11 Å². The van der Waals surface area contributed by atoms with Crippen LogP contribution in [-0.4, -0.2) is 23.9 Å². The lowest BCUT2D eigenvalue weighted by atomic mass is 9.98. The summed E-state index contributed by atoms with van der Waals surface area (Å²) in [6.07, 6.45) is 3.94. The SMILES string of the molecule is CCn1cc(C(NC)C(OC)c2ccccc2)cn1. The zero-order valence-electron chi connectivity index (χ0n) is 11.7. The first-order valence-corrected chi connectivity index (χ1v) is 6.57. The highest BCUT2D eigenvalue weighted by molar-refractivity contribution is 5.23. The molecule has 0 saturated carbocycles. The molecule has 0 aliphatic rings. The maximum atomic E-state index is 5.69. The lowest BCUT2D eigenvalue weighted by Gasteiger charge is -2.25. The Morgan fingerprint density at radius 3 is 2.53 bits per heavy atom. The fourth-order valence-corrected chi connectivity index (χ4v) is 2.31. The Hall–Kier alpha value is -1.65. The zero-order valence-corrected chi connectivity index (χ0v) is 11.7. The number of benzene rings is 1. The van der Waals surface area contributed by atoms with E-state index in [-0.39, 0.29) is 12.1 Å². The molecule has 1 N–H and O–H groups in total. The van der Waals surface area contributed by atoms with E-state index < -0.39 is 0 Å². The van der Waals surface area contributed by atoms with Crippen LogP contribution in [0.2, 0.25) is 0 Å². The first-order chi connectivity index (χ1) is 9.30. The number of ether oxygens (including phenoxy) is 1. The summed E-state index contributed by atoms with van der Waals surface area (Å²) in [6.45, 7) is 2.95. The largest absolute Gasteiger partial charge is 0.375 e. The van der Waals surface area contributed by atoms with Crippen molar-refractivity contribution in [3.05, 3.63) is 53.9 Å². The maximum absolute atomic E-state index is 5.69. The van der Waals surface area contributed by atoms with E-state index in [0.717, 1.165) is 17.7 Å². The first kappa shape index (κ1) is 13.8. The number of nitrogens with zero attached hydrogens (tertiary/aromatic N) is 2. The van der Waals surface area contributed by atoms with Gasteiger partial charge in [0.2, 0.25) is 0 Å². The molecule has 4 heteroatoms. The van der Waals surface area contributed by atoms with Crippen LogP contribution in [-0.2, 0) is 11.3 Å². The molecule has 0 amide bonds. The molecule has 0 fully saturated rings. The van der Waals surface area contributed by atoms with E-state index in [9.17, 15) is 0 Å². The van der Waals surface area contributed by atoms with E-state index in [1.807, 2.05) is 36.1 Å². The molecule has 1 aromatic carbocycles. The van der Waals surface area contributed by atoms with Gasteiger partial charge in [0.15, 0.2) is 0 Å². The summed E-state index contributed by atoms with van der Waals surface area (Å²) in [6, 6.07) is 10.3. The number of aromatic nitrogens is 2. The van der Waals surface area contributed by atoms with Gasteiger partial charge >= 0.3 is 0 Å². The van der Waals surface area contributed by atoms with Crippen molar-refractivity contribution in [2.45, 2.75) is 25.6 Å². The van der Waals surface area contributed by atoms with E-state index >= 15 is 0 Å². The average Bonchev–Trinajstić information content (AvgIpc) is 2.94. The third-order valence-corrected chi connectivity index (χ3v) is 3.33. The van der Waals surface area contributed by atoms with Crippen molar-refractivity contribution in [3.63, 3.8) is 0 Å². The number of hydrogen-bond donors (Lipinski definition) is 1. The third kappa shape index (κ3) is 3.03. The Bertz CT molecular complexity index is 495. The molecule has 0 aliphatic heterocycles. The van der Waals surface area contributed by atoms with Gasteiger partial charge in [-0.25, -0.2) is 0 Å². The number of rotatable bonds is 6. The highest BCUT2D eigenvalue weighted by atomic mass is 16.5. The minimum Gasteiger partial charge on any atom is -0.375 e. The van der Waals surface area contributed by atoms with Gasteiger partial charge in [-0.3, -0.25) is 4.68 Å². The van der Waals surface area contributed by atoms with Crippen molar-refractivity contribution in [2.75, 3.05) is 14.2 Å². The van der Waals surface area contributed by atoms with Gasteiger partial charge in [0.25, 0.3) is 0 Å². The van der Waals surface area contributed by atoms with Gasteiger partial charge in [-0.05, 0) is 19.5 Å². The summed E-state index contributed by atoms with van der Waals surface area (Å²) >= 11 is 0. The predicted octanol–water partition coefficient (Wildman–Crippen LogP) is 2.55. The Kier molecular flexibility index (Phi) is 4.71. The molecular formula is C15H21N3O. The van der Waals surface area contributed by atoms with E-state index in [1.165, 1.54) is 0 Å². The molecule has 1 aromatic heterocycles. The van der Waals surface area contributed by atoms with Crippen molar-refractivity contribution in [3.8, 4) is 0 Å². The molecule has 102 valence electrons. The normalized spacial score (nSPS) is 14.3. The van der Waals surface area contributed by atoms with E-state index in [2.05, 4.69) is 35.7 Å². The van der Waals surface area contributed by atoms with Crippen LogP contribution in [0.25, 0.3) is 0 Å².